The molecular formula is C22H38N6O2. The van der Waals surface area contributed by atoms with Crippen LogP contribution in [0.4, 0.5) is 11.6 Å². The van der Waals surface area contributed by atoms with Crippen molar-refractivity contribution >= 4 is 17.5 Å². The van der Waals surface area contributed by atoms with E-state index >= 15 is 0 Å². The Morgan fingerprint density at radius 2 is 1.63 bits per heavy atom. The van der Waals surface area contributed by atoms with Crippen LogP contribution >= 0.6 is 0 Å². The van der Waals surface area contributed by atoms with Crippen molar-refractivity contribution in [3.63, 3.8) is 0 Å². The van der Waals surface area contributed by atoms with Gasteiger partial charge >= 0.3 is 6.01 Å². The van der Waals surface area contributed by atoms with Gasteiger partial charge in [0.2, 0.25) is 5.91 Å². The fourth-order valence-corrected chi connectivity index (χ4v) is 4.12. The Balaban J connectivity index is 1.40. The molecular weight excluding hydrogens is 380 g/mol. The van der Waals surface area contributed by atoms with Crippen LogP contribution in [0, 0.1) is 0 Å². The lowest BCUT2D eigenvalue weighted by Gasteiger charge is -2.34. The number of hydrogen-bond acceptors (Lipinski definition) is 7. The molecule has 30 heavy (non-hydrogen) atoms. The highest BCUT2D eigenvalue weighted by Crippen LogP contribution is 2.32. The lowest BCUT2D eigenvalue weighted by Crippen LogP contribution is -2.46. The van der Waals surface area contributed by atoms with Gasteiger partial charge in [-0.25, -0.2) is 0 Å². The molecule has 1 fully saturated rings. The first-order valence-electron chi connectivity index (χ1n) is 11.7. The van der Waals surface area contributed by atoms with Crippen molar-refractivity contribution < 1.29 is 9.53 Å². The molecule has 1 saturated heterocycles. The molecule has 8 nitrogen and oxygen atoms in total. The largest absolute Gasteiger partial charge is 0.463 e. The van der Waals surface area contributed by atoms with Gasteiger partial charge in [-0.15, -0.1) is 0 Å². The Morgan fingerprint density at radius 3 is 2.33 bits per heavy atom. The lowest BCUT2D eigenvalue weighted by molar-refractivity contribution is -0.117. The number of aromatic nitrogens is 2. The number of carbonyl (C=O) groups is 1. The summed E-state index contributed by atoms with van der Waals surface area (Å²) in [6.07, 6.45) is 6.79. The molecule has 2 aliphatic rings. The molecule has 2 N–H and O–H groups in total. The number of rotatable bonds is 12. The molecule has 1 aromatic heterocycles. The van der Waals surface area contributed by atoms with Crippen molar-refractivity contribution in [3.05, 3.63) is 5.56 Å². The Kier molecular flexibility index (Phi) is 8.69. The van der Waals surface area contributed by atoms with Crippen LogP contribution in [0.5, 0.6) is 6.01 Å². The summed E-state index contributed by atoms with van der Waals surface area (Å²) in [5, 5.41) is 0. The van der Waals surface area contributed by atoms with Gasteiger partial charge in [-0.2, -0.15) is 9.97 Å². The summed E-state index contributed by atoms with van der Waals surface area (Å²) < 4.78 is 5.62. The van der Waals surface area contributed by atoms with Crippen LogP contribution < -0.4 is 15.4 Å². The van der Waals surface area contributed by atoms with Crippen LogP contribution in [0.25, 0.3) is 0 Å². The molecule has 3 heterocycles. The first-order valence-corrected chi connectivity index (χ1v) is 11.7. The minimum Gasteiger partial charge on any atom is -0.463 e. The van der Waals surface area contributed by atoms with E-state index in [4.69, 9.17) is 10.5 Å². The lowest BCUT2D eigenvalue weighted by atomic mass is 10.1. The summed E-state index contributed by atoms with van der Waals surface area (Å²) in [5.74, 6) is 1.07. The number of piperazine rings is 1. The SMILES string of the molecule is CCCCOc1nc(N)c2c(n1)N(CCCCCCN1CCN(CC)CC1)C(=O)C2. The highest BCUT2D eigenvalue weighted by molar-refractivity contribution is 6.01. The second kappa shape index (κ2) is 11.5. The smallest absolute Gasteiger partial charge is 0.320 e. The maximum Gasteiger partial charge on any atom is 0.320 e. The first-order chi connectivity index (χ1) is 14.6. The number of fused-ring (bicyclic) bond motifs is 1. The van der Waals surface area contributed by atoms with Gasteiger partial charge in [-0.1, -0.05) is 33.1 Å². The van der Waals surface area contributed by atoms with E-state index < -0.39 is 0 Å². The zero-order valence-electron chi connectivity index (χ0n) is 18.7. The molecule has 0 saturated carbocycles. The number of carbonyl (C=O) groups excluding carboxylic acids is 1. The van der Waals surface area contributed by atoms with Gasteiger partial charge in [0.15, 0.2) is 0 Å². The molecule has 3 rings (SSSR count). The van der Waals surface area contributed by atoms with E-state index in [1.54, 1.807) is 4.90 Å². The molecule has 0 atom stereocenters. The average molecular weight is 419 g/mol. The van der Waals surface area contributed by atoms with Crippen LogP contribution in [-0.2, 0) is 11.2 Å². The van der Waals surface area contributed by atoms with E-state index in [9.17, 15) is 4.79 Å². The number of unbranched alkanes of at least 4 members (excludes halogenated alkanes) is 4. The maximum atomic E-state index is 12.5. The summed E-state index contributed by atoms with van der Waals surface area (Å²) >= 11 is 0. The minimum atomic E-state index is 0.0607. The summed E-state index contributed by atoms with van der Waals surface area (Å²) in [5.41, 5.74) is 6.81. The third-order valence-electron chi connectivity index (χ3n) is 6.13. The van der Waals surface area contributed by atoms with Crippen LogP contribution in [-0.4, -0.2) is 78.1 Å². The van der Waals surface area contributed by atoms with E-state index in [1.165, 1.54) is 45.6 Å². The van der Waals surface area contributed by atoms with Crippen molar-refractivity contribution in [1.82, 2.24) is 19.8 Å². The molecule has 0 bridgehead atoms. The van der Waals surface area contributed by atoms with Gasteiger partial charge in [-0.05, 0) is 32.4 Å². The number of ether oxygens (including phenoxy) is 1. The summed E-state index contributed by atoms with van der Waals surface area (Å²) in [6.45, 7) is 12.7. The van der Waals surface area contributed by atoms with E-state index in [2.05, 4.69) is 33.6 Å². The molecule has 0 spiro atoms. The number of amides is 1. The standard InChI is InChI=1S/C22H38N6O2/c1-3-5-16-30-22-24-20(23)18-17-19(29)28(21(18)25-22)11-9-7-6-8-10-27-14-12-26(4-2)13-15-27/h3-17H2,1-2H3,(H2,23,24,25). The number of nitrogens with two attached hydrogens (primary N) is 1. The second-order valence-corrected chi connectivity index (χ2v) is 8.31. The Morgan fingerprint density at radius 1 is 0.933 bits per heavy atom. The van der Waals surface area contributed by atoms with Crippen molar-refractivity contribution in [3.8, 4) is 6.01 Å². The van der Waals surface area contributed by atoms with Gasteiger partial charge in [0.1, 0.15) is 11.6 Å². The predicted molar refractivity (Wildman–Crippen MR) is 120 cm³/mol. The monoisotopic (exact) mass is 418 g/mol. The second-order valence-electron chi connectivity index (χ2n) is 8.31. The zero-order valence-corrected chi connectivity index (χ0v) is 18.7. The molecule has 1 amide bonds. The van der Waals surface area contributed by atoms with Crippen LogP contribution in [0.3, 0.4) is 0 Å². The van der Waals surface area contributed by atoms with E-state index in [1.807, 2.05) is 0 Å². The molecule has 0 aromatic carbocycles. The number of nitrogen functional groups attached to an aromatic ring is 1. The van der Waals surface area contributed by atoms with E-state index in [-0.39, 0.29) is 11.9 Å². The average Bonchev–Trinajstić information content (AvgIpc) is 3.07. The molecule has 0 unspecified atom stereocenters. The summed E-state index contributed by atoms with van der Waals surface area (Å²) in [6, 6.07) is 0.280. The Bertz CT molecular complexity index is 690. The number of nitrogens with zero attached hydrogens (tertiary/aromatic N) is 5. The van der Waals surface area contributed by atoms with Gasteiger partial charge in [0, 0.05) is 38.3 Å². The molecule has 1 aromatic rings. The third-order valence-corrected chi connectivity index (χ3v) is 6.13. The zero-order chi connectivity index (χ0) is 21.3. The number of likely N-dealkylation sites (N-methyl/N-ethyl adjacent to an activating group) is 1. The maximum absolute atomic E-state index is 12.5. The summed E-state index contributed by atoms with van der Waals surface area (Å²) in [7, 11) is 0. The number of hydrogen-bond donors (Lipinski definition) is 1. The quantitative estimate of drug-likeness (QED) is 0.521. The topological polar surface area (TPSA) is 87.8 Å². The third kappa shape index (κ3) is 6.04. The fraction of sp³-hybridized carbons (Fsp3) is 0.773. The Hall–Kier alpha value is -1.93. The highest BCUT2D eigenvalue weighted by Gasteiger charge is 2.31. The van der Waals surface area contributed by atoms with Crippen LogP contribution in [0.2, 0.25) is 0 Å². The van der Waals surface area contributed by atoms with Crippen molar-refractivity contribution in [2.24, 2.45) is 0 Å². The van der Waals surface area contributed by atoms with Gasteiger partial charge in [0.25, 0.3) is 0 Å². The normalized spacial score (nSPS) is 17.5. The molecule has 168 valence electrons. The first kappa shape index (κ1) is 22.7. The van der Waals surface area contributed by atoms with Crippen molar-refractivity contribution in [2.75, 3.05) is 63.1 Å². The van der Waals surface area contributed by atoms with Crippen LogP contribution in [0.1, 0.15) is 57.9 Å². The Labute approximate surface area is 180 Å². The molecule has 8 heteroatoms. The minimum absolute atomic E-state index is 0.0607. The number of anilines is 2. The molecule has 0 aliphatic carbocycles. The van der Waals surface area contributed by atoms with Gasteiger partial charge < -0.3 is 20.3 Å². The molecule has 0 radical (unpaired) electrons. The van der Waals surface area contributed by atoms with E-state index in [0.717, 1.165) is 37.8 Å². The highest BCUT2D eigenvalue weighted by atomic mass is 16.5. The summed E-state index contributed by atoms with van der Waals surface area (Å²) in [4.78, 5) is 28.0. The fourth-order valence-electron chi connectivity index (χ4n) is 4.12. The van der Waals surface area contributed by atoms with Crippen LogP contribution in [0.15, 0.2) is 0 Å². The predicted octanol–water partition coefficient (Wildman–Crippen LogP) is 2.32. The van der Waals surface area contributed by atoms with E-state index in [0.29, 0.717) is 31.2 Å². The van der Waals surface area contributed by atoms with Crippen molar-refractivity contribution in [2.45, 2.75) is 58.8 Å². The molecule has 2 aliphatic heterocycles. The van der Waals surface area contributed by atoms with Crippen molar-refractivity contribution in [1.29, 1.82) is 0 Å². The van der Waals surface area contributed by atoms with Gasteiger partial charge in [0.05, 0.1) is 13.0 Å². The van der Waals surface area contributed by atoms with Gasteiger partial charge in [-0.3, -0.25) is 9.69 Å².